The summed E-state index contributed by atoms with van der Waals surface area (Å²) in [6.07, 6.45) is 2.52. The third kappa shape index (κ3) is 6.01. The van der Waals surface area contributed by atoms with Crippen LogP contribution in [0.2, 0.25) is 0 Å². The molecule has 1 aromatic heterocycles. The molecular weight excluding hydrogens is 473 g/mol. The van der Waals surface area contributed by atoms with Gasteiger partial charge < -0.3 is 19.0 Å². The molecule has 4 rings (SSSR count). The van der Waals surface area contributed by atoms with Gasteiger partial charge in [0.1, 0.15) is 17.8 Å². The van der Waals surface area contributed by atoms with Crippen molar-refractivity contribution >= 4 is 11.8 Å². The first-order valence-electron chi connectivity index (χ1n) is 12.7. The van der Waals surface area contributed by atoms with Gasteiger partial charge in [0.05, 0.1) is 6.04 Å². The van der Waals surface area contributed by atoms with Gasteiger partial charge in [-0.05, 0) is 67.1 Å². The van der Waals surface area contributed by atoms with Crippen LogP contribution in [0.25, 0.3) is 0 Å². The maximum atomic E-state index is 13.7. The van der Waals surface area contributed by atoms with Crippen LogP contribution in [0.5, 0.6) is 5.75 Å². The van der Waals surface area contributed by atoms with E-state index in [9.17, 15) is 14.0 Å². The van der Waals surface area contributed by atoms with E-state index in [0.29, 0.717) is 24.6 Å². The summed E-state index contributed by atoms with van der Waals surface area (Å²) in [6, 6.07) is 11.8. The van der Waals surface area contributed by atoms with Crippen LogP contribution in [0.1, 0.15) is 73.2 Å². The smallest absolute Gasteiger partial charge is 0.275 e. The van der Waals surface area contributed by atoms with Crippen LogP contribution in [0.15, 0.2) is 53.1 Å². The Kier molecular flexibility index (Phi) is 7.95. The standard InChI is InChI=1S/C29H34FN3O4/c1-18(2)14-27(34)33-13-12-20-8-11-23(15-24(20)28(33)21-6-9-22(30)10-7-21)36-17-26-31-25(16-37-26)29(35)32(5)19(3)4/h6-11,15-16,18-19,28H,12-14,17H2,1-5H3. The van der Waals surface area contributed by atoms with E-state index in [1.807, 2.05) is 50.8 Å². The van der Waals surface area contributed by atoms with Gasteiger partial charge in [-0.1, -0.05) is 32.0 Å². The van der Waals surface area contributed by atoms with Crippen LogP contribution in [0, 0.1) is 11.7 Å². The van der Waals surface area contributed by atoms with Crippen LogP contribution in [-0.4, -0.2) is 46.2 Å². The van der Waals surface area contributed by atoms with Gasteiger partial charge in [0.15, 0.2) is 12.3 Å². The minimum absolute atomic E-state index is 0.0421. The number of carbonyl (C=O) groups excluding carboxylic acids is 2. The Morgan fingerprint density at radius 3 is 2.57 bits per heavy atom. The molecule has 0 N–H and O–H groups in total. The van der Waals surface area contributed by atoms with Crippen molar-refractivity contribution in [2.24, 2.45) is 5.92 Å². The Morgan fingerprint density at radius 1 is 1.16 bits per heavy atom. The minimum Gasteiger partial charge on any atom is -0.484 e. The van der Waals surface area contributed by atoms with Crippen LogP contribution < -0.4 is 4.74 Å². The number of oxazole rings is 1. The molecule has 37 heavy (non-hydrogen) atoms. The topological polar surface area (TPSA) is 75.9 Å². The molecule has 2 heterocycles. The summed E-state index contributed by atoms with van der Waals surface area (Å²) in [4.78, 5) is 33.4. The van der Waals surface area contributed by atoms with Crippen molar-refractivity contribution in [2.45, 2.75) is 59.2 Å². The lowest BCUT2D eigenvalue weighted by atomic mass is 9.87. The molecule has 0 saturated carbocycles. The van der Waals surface area contributed by atoms with Crippen molar-refractivity contribution in [2.75, 3.05) is 13.6 Å². The number of rotatable bonds is 8. The van der Waals surface area contributed by atoms with E-state index in [-0.39, 0.29) is 47.9 Å². The molecule has 196 valence electrons. The molecule has 1 atom stereocenters. The van der Waals surface area contributed by atoms with Crippen LogP contribution in [0.3, 0.4) is 0 Å². The Labute approximate surface area is 217 Å². The molecule has 0 spiro atoms. The van der Waals surface area contributed by atoms with E-state index in [2.05, 4.69) is 4.98 Å². The van der Waals surface area contributed by atoms with Crippen molar-refractivity contribution in [1.82, 2.24) is 14.8 Å². The number of amides is 2. The zero-order chi connectivity index (χ0) is 26.7. The number of hydrogen-bond acceptors (Lipinski definition) is 5. The molecule has 2 aromatic carbocycles. The molecular formula is C29H34FN3O4. The Balaban J connectivity index is 1.57. The Bertz CT molecular complexity index is 1250. The highest BCUT2D eigenvalue weighted by molar-refractivity contribution is 5.92. The summed E-state index contributed by atoms with van der Waals surface area (Å²) < 4.78 is 25.1. The van der Waals surface area contributed by atoms with Gasteiger partial charge in [-0.2, -0.15) is 0 Å². The maximum Gasteiger partial charge on any atom is 0.275 e. The first-order valence-corrected chi connectivity index (χ1v) is 12.7. The zero-order valence-corrected chi connectivity index (χ0v) is 22.0. The number of hydrogen-bond donors (Lipinski definition) is 0. The fraction of sp³-hybridized carbons (Fsp3) is 0.414. The van der Waals surface area contributed by atoms with E-state index < -0.39 is 0 Å². The van der Waals surface area contributed by atoms with Gasteiger partial charge in [0, 0.05) is 26.1 Å². The summed E-state index contributed by atoms with van der Waals surface area (Å²) in [5.74, 6) is 0.656. The lowest BCUT2D eigenvalue weighted by molar-refractivity contribution is -0.134. The van der Waals surface area contributed by atoms with E-state index in [0.717, 1.165) is 23.1 Å². The molecule has 8 heteroatoms. The molecule has 0 fully saturated rings. The van der Waals surface area contributed by atoms with E-state index in [1.165, 1.54) is 18.4 Å². The van der Waals surface area contributed by atoms with Gasteiger partial charge in [-0.15, -0.1) is 0 Å². The molecule has 1 aliphatic heterocycles. The number of carbonyl (C=O) groups is 2. The molecule has 1 unspecified atom stereocenters. The predicted octanol–water partition coefficient (Wildman–Crippen LogP) is 5.39. The molecule has 0 aliphatic carbocycles. The molecule has 7 nitrogen and oxygen atoms in total. The number of benzene rings is 2. The Morgan fingerprint density at radius 2 is 1.89 bits per heavy atom. The molecule has 3 aromatic rings. The summed E-state index contributed by atoms with van der Waals surface area (Å²) >= 11 is 0. The average molecular weight is 508 g/mol. The van der Waals surface area contributed by atoms with E-state index >= 15 is 0 Å². The second kappa shape index (κ2) is 11.2. The second-order valence-corrected chi connectivity index (χ2v) is 10.2. The van der Waals surface area contributed by atoms with Crippen molar-refractivity contribution < 1.29 is 23.1 Å². The first kappa shape index (κ1) is 26.4. The Hall–Kier alpha value is -3.68. The van der Waals surface area contributed by atoms with Gasteiger partial charge in [0.2, 0.25) is 11.8 Å². The highest BCUT2D eigenvalue weighted by atomic mass is 19.1. The average Bonchev–Trinajstić information content (AvgIpc) is 3.35. The molecule has 0 radical (unpaired) electrons. The van der Waals surface area contributed by atoms with Crippen LogP contribution in [0.4, 0.5) is 4.39 Å². The monoisotopic (exact) mass is 507 g/mol. The summed E-state index contributed by atoms with van der Waals surface area (Å²) in [7, 11) is 1.72. The van der Waals surface area contributed by atoms with Crippen molar-refractivity contribution in [3.63, 3.8) is 0 Å². The summed E-state index contributed by atoms with van der Waals surface area (Å²) in [5.41, 5.74) is 3.16. The molecule has 0 saturated heterocycles. The second-order valence-electron chi connectivity index (χ2n) is 10.2. The molecule has 2 amide bonds. The zero-order valence-electron chi connectivity index (χ0n) is 22.0. The lowest BCUT2D eigenvalue weighted by Crippen LogP contribution is -2.41. The van der Waals surface area contributed by atoms with E-state index in [1.54, 1.807) is 24.1 Å². The number of aromatic nitrogens is 1. The predicted molar refractivity (Wildman–Crippen MR) is 138 cm³/mol. The maximum absolute atomic E-state index is 13.7. The molecule has 0 bridgehead atoms. The summed E-state index contributed by atoms with van der Waals surface area (Å²) in [6.45, 7) is 8.55. The van der Waals surface area contributed by atoms with Crippen LogP contribution >= 0.6 is 0 Å². The van der Waals surface area contributed by atoms with Crippen LogP contribution in [-0.2, 0) is 17.8 Å². The number of ether oxygens (including phenoxy) is 1. The van der Waals surface area contributed by atoms with Gasteiger partial charge in [-0.3, -0.25) is 9.59 Å². The van der Waals surface area contributed by atoms with Gasteiger partial charge in [0.25, 0.3) is 5.91 Å². The number of nitrogens with zero attached hydrogens (tertiary/aromatic N) is 3. The van der Waals surface area contributed by atoms with Crippen molar-refractivity contribution in [3.05, 3.63) is 82.8 Å². The van der Waals surface area contributed by atoms with Crippen molar-refractivity contribution in [3.8, 4) is 5.75 Å². The number of fused-ring (bicyclic) bond motifs is 1. The largest absolute Gasteiger partial charge is 0.484 e. The third-order valence-corrected chi connectivity index (χ3v) is 6.66. The van der Waals surface area contributed by atoms with E-state index in [4.69, 9.17) is 9.15 Å². The normalized spacial score (nSPS) is 15.1. The van der Waals surface area contributed by atoms with Crippen molar-refractivity contribution in [1.29, 1.82) is 0 Å². The quantitative estimate of drug-likeness (QED) is 0.408. The highest BCUT2D eigenvalue weighted by Crippen LogP contribution is 2.38. The summed E-state index contributed by atoms with van der Waals surface area (Å²) in [5, 5.41) is 0. The highest BCUT2D eigenvalue weighted by Gasteiger charge is 2.32. The van der Waals surface area contributed by atoms with Gasteiger partial charge >= 0.3 is 0 Å². The third-order valence-electron chi connectivity index (χ3n) is 6.66. The fourth-order valence-electron chi connectivity index (χ4n) is 4.46. The first-order chi connectivity index (χ1) is 17.6. The number of halogens is 1. The SMILES string of the molecule is CC(C)CC(=O)N1CCc2ccc(OCc3nc(C(=O)N(C)C(C)C)co3)cc2C1c1ccc(F)cc1. The lowest BCUT2D eigenvalue weighted by Gasteiger charge is -2.38. The fourth-order valence-corrected chi connectivity index (χ4v) is 4.46. The minimum atomic E-state index is -0.336. The van der Waals surface area contributed by atoms with Gasteiger partial charge in [-0.25, -0.2) is 9.37 Å². The molecule has 1 aliphatic rings.